The SMILES string of the molecule is Cc1ccc(CCNC(=O)[C@@H]2CCCN(c3nc(C)nc4onc(C)c34)C2)cc1. The first-order valence-corrected chi connectivity index (χ1v) is 10.2. The quantitative estimate of drug-likeness (QED) is 0.717. The summed E-state index contributed by atoms with van der Waals surface area (Å²) >= 11 is 0. The maximum absolute atomic E-state index is 12.8. The summed E-state index contributed by atoms with van der Waals surface area (Å²) in [5.41, 5.74) is 3.77. The van der Waals surface area contributed by atoms with Gasteiger partial charge >= 0.3 is 0 Å². The molecular formula is C22H27N5O2. The van der Waals surface area contributed by atoms with Gasteiger partial charge in [0.15, 0.2) is 0 Å². The summed E-state index contributed by atoms with van der Waals surface area (Å²) in [6.07, 6.45) is 2.68. The van der Waals surface area contributed by atoms with Crippen LogP contribution in [0.15, 0.2) is 28.8 Å². The molecule has 1 N–H and O–H groups in total. The number of rotatable bonds is 5. The molecule has 3 aromatic rings. The minimum absolute atomic E-state index is 0.0488. The van der Waals surface area contributed by atoms with Gasteiger partial charge in [-0.25, -0.2) is 4.98 Å². The molecule has 1 aliphatic heterocycles. The predicted molar refractivity (Wildman–Crippen MR) is 112 cm³/mol. The van der Waals surface area contributed by atoms with Gasteiger partial charge in [-0.3, -0.25) is 4.79 Å². The summed E-state index contributed by atoms with van der Waals surface area (Å²) in [6.45, 7) is 7.98. The molecule has 1 fully saturated rings. The lowest BCUT2D eigenvalue weighted by atomic mass is 9.96. The van der Waals surface area contributed by atoms with Crippen molar-refractivity contribution < 1.29 is 9.32 Å². The highest BCUT2D eigenvalue weighted by Crippen LogP contribution is 2.30. The fourth-order valence-corrected chi connectivity index (χ4v) is 3.91. The van der Waals surface area contributed by atoms with Crippen molar-refractivity contribution in [3.8, 4) is 0 Å². The Morgan fingerprint density at radius 1 is 1.21 bits per heavy atom. The van der Waals surface area contributed by atoms with E-state index in [4.69, 9.17) is 4.52 Å². The highest BCUT2D eigenvalue weighted by Gasteiger charge is 2.28. The van der Waals surface area contributed by atoms with Gasteiger partial charge in [0.25, 0.3) is 5.71 Å². The number of piperidine rings is 1. The smallest absolute Gasteiger partial charge is 0.263 e. The number of nitrogens with zero attached hydrogens (tertiary/aromatic N) is 4. The molecule has 1 amide bonds. The molecular weight excluding hydrogens is 366 g/mol. The van der Waals surface area contributed by atoms with Crippen molar-refractivity contribution in [2.24, 2.45) is 5.92 Å². The molecule has 0 aliphatic carbocycles. The van der Waals surface area contributed by atoms with Gasteiger partial charge in [0.05, 0.1) is 11.6 Å². The van der Waals surface area contributed by atoms with Gasteiger partial charge < -0.3 is 14.7 Å². The van der Waals surface area contributed by atoms with E-state index in [1.807, 2.05) is 13.8 Å². The van der Waals surface area contributed by atoms with Crippen LogP contribution >= 0.6 is 0 Å². The highest BCUT2D eigenvalue weighted by molar-refractivity contribution is 5.88. The van der Waals surface area contributed by atoms with Crippen LogP contribution in [0.5, 0.6) is 0 Å². The first-order chi connectivity index (χ1) is 14.0. The van der Waals surface area contributed by atoms with Crippen molar-refractivity contribution in [2.45, 2.75) is 40.0 Å². The Labute approximate surface area is 170 Å². The van der Waals surface area contributed by atoms with Crippen LogP contribution in [0.3, 0.4) is 0 Å². The number of aromatic nitrogens is 3. The normalized spacial score (nSPS) is 16.9. The molecule has 7 heteroatoms. The summed E-state index contributed by atoms with van der Waals surface area (Å²) in [4.78, 5) is 23.9. The Hall–Kier alpha value is -2.96. The summed E-state index contributed by atoms with van der Waals surface area (Å²) in [7, 11) is 0. The van der Waals surface area contributed by atoms with E-state index >= 15 is 0 Å². The number of benzene rings is 1. The third-order valence-electron chi connectivity index (χ3n) is 5.52. The van der Waals surface area contributed by atoms with Crippen LogP contribution in [0, 0.1) is 26.7 Å². The maximum atomic E-state index is 12.8. The van der Waals surface area contributed by atoms with E-state index in [1.165, 1.54) is 11.1 Å². The van der Waals surface area contributed by atoms with E-state index in [0.29, 0.717) is 24.6 Å². The lowest BCUT2D eigenvalue weighted by molar-refractivity contribution is -0.125. The number of fused-ring (bicyclic) bond motifs is 1. The Morgan fingerprint density at radius 2 is 2.00 bits per heavy atom. The summed E-state index contributed by atoms with van der Waals surface area (Å²) < 4.78 is 5.33. The first kappa shape index (κ1) is 19.4. The molecule has 0 bridgehead atoms. The van der Waals surface area contributed by atoms with Crippen molar-refractivity contribution in [1.82, 2.24) is 20.4 Å². The van der Waals surface area contributed by atoms with Crippen LogP contribution in [0.1, 0.15) is 35.5 Å². The number of hydrogen-bond acceptors (Lipinski definition) is 6. The summed E-state index contributed by atoms with van der Waals surface area (Å²) in [6, 6.07) is 8.45. The Kier molecular flexibility index (Phi) is 5.47. The number of hydrogen-bond donors (Lipinski definition) is 1. The van der Waals surface area contributed by atoms with Crippen molar-refractivity contribution in [2.75, 3.05) is 24.5 Å². The predicted octanol–water partition coefficient (Wildman–Crippen LogP) is 3.12. The highest BCUT2D eigenvalue weighted by atomic mass is 16.5. The second-order valence-electron chi connectivity index (χ2n) is 7.85. The summed E-state index contributed by atoms with van der Waals surface area (Å²) in [5.74, 6) is 1.54. The average molecular weight is 393 g/mol. The van der Waals surface area contributed by atoms with Gasteiger partial charge in [0, 0.05) is 19.6 Å². The third-order valence-corrected chi connectivity index (χ3v) is 5.52. The molecule has 0 saturated carbocycles. The molecule has 0 spiro atoms. The molecule has 1 aromatic carbocycles. The zero-order valence-corrected chi connectivity index (χ0v) is 17.2. The zero-order valence-electron chi connectivity index (χ0n) is 17.2. The molecule has 29 heavy (non-hydrogen) atoms. The van der Waals surface area contributed by atoms with E-state index < -0.39 is 0 Å². The second kappa shape index (κ2) is 8.19. The van der Waals surface area contributed by atoms with Crippen LogP contribution in [0.2, 0.25) is 0 Å². The molecule has 1 saturated heterocycles. The molecule has 0 unspecified atom stereocenters. The minimum atomic E-state index is -0.0488. The lowest BCUT2D eigenvalue weighted by Gasteiger charge is -2.33. The molecule has 7 nitrogen and oxygen atoms in total. The van der Waals surface area contributed by atoms with Gasteiger partial charge in [-0.15, -0.1) is 0 Å². The largest absolute Gasteiger partial charge is 0.355 e. The van der Waals surface area contributed by atoms with Crippen LogP contribution in [-0.4, -0.2) is 40.7 Å². The monoisotopic (exact) mass is 393 g/mol. The van der Waals surface area contributed by atoms with Crippen LogP contribution < -0.4 is 10.2 Å². The van der Waals surface area contributed by atoms with Crippen molar-refractivity contribution in [1.29, 1.82) is 0 Å². The van der Waals surface area contributed by atoms with E-state index in [9.17, 15) is 4.79 Å². The Bertz CT molecular complexity index is 1010. The number of anilines is 1. The topological polar surface area (TPSA) is 84.2 Å². The molecule has 2 aromatic heterocycles. The van der Waals surface area contributed by atoms with E-state index in [2.05, 4.69) is 56.5 Å². The van der Waals surface area contributed by atoms with Crippen molar-refractivity contribution in [3.05, 3.63) is 46.9 Å². The lowest BCUT2D eigenvalue weighted by Crippen LogP contribution is -2.44. The number of amides is 1. The Morgan fingerprint density at radius 3 is 2.79 bits per heavy atom. The van der Waals surface area contributed by atoms with E-state index in [0.717, 1.165) is 42.7 Å². The van der Waals surface area contributed by atoms with Crippen molar-refractivity contribution in [3.63, 3.8) is 0 Å². The van der Waals surface area contributed by atoms with Crippen LogP contribution in [0.4, 0.5) is 5.82 Å². The number of nitrogens with one attached hydrogen (secondary N) is 1. The van der Waals surface area contributed by atoms with E-state index in [-0.39, 0.29) is 11.8 Å². The Balaban J connectivity index is 1.41. The van der Waals surface area contributed by atoms with Gasteiger partial charge in [-0.2, -0.15) is 4.98 Å². The second-order valence-corrected chi connectivity index (χ2v) is 7.85. The maximum Gasteiger partial charge on any atom is 0.263 e. The zero-order chi connectivity index (χ0) is 20.4. The van der Waals surface area contributed by atoms with E-state index in [1.54, 1.807) is 0 Å². The molecule has 1 aliphatic rings. The molecule has 1 atom stereocenters. The van der Waals surface area contributed by atoms with Crippen LogP contribution in [0.25, 0.3) is 11.1 Å². The molecule has 152 valence electrons. The minimum Gasteiger partial charge on any atom is -0.355 e. The average Bonchev–Trinajstić information content (AvgIpc) is 3.09. The van der Waals surface area contributed by atoms with Gasteiger partial charge in [0.2, 0.25) is 5.91 Å². The van der Waals surface area contributed by atoms with Gasteiger partial charge in [-0.05, 0) is 45.6 Å². The number of carbonyl (C=O) groups is 1. The summed E-state index contributed by atoms with van der Waals surface area (Å²) in [5, 5.41) is 7.99. The molecule has 0 radical (unpaired) electrons. The number of carbonyl (C=O) groups excluding carboxylic acids is 1. The first-order valence-electron chi connectivity index (χ1n) is 10.2. The fourth-order valence-electron chi connectivity index (χ4n) is 3.91. The fraction of sp³-hybridized carbons (Fsp3) is 0.455. The van der Waals surface area contributed by atoms with Crippen molar-refractivity contribution >= 4 is 22.8 Å². The molecule has 3 heterocycles. The third kappa shape index (κ3) is 4.23. The van der Waals surface area contributed by atoms with Gasteiger partial charge in [0.1, 0.15) is 17.0 Å². The molecule has 4 rings (SSSR count). The van der Waals surface area contributed by atoms with Crippen LogP contribution in [-0.2, 0) is 11.2 Å². The standard InChI is InChI=1S/C22H27N5O2/c1-14-6-8-17(9-7-14)10-11-23-21(28)18-5-4-12-27(13-18)20-19-15(2)26-29-22(19)25-16(3)24-20/h6-9,18H,4-5,10-13H2,1-3H3,(H,23,28)/t18-/m1/s1. The number of aryl methyl sites for hydroxylation is 3. The van der Waals surface area contributed by atoms with Gasteiger partial charge in [-0.1, -0.05) is 35.0 Å².